The lowest BCUT2D eigenvalue weighted by atomic mass is 9.96. The molecule has 1 N–H and O–H groups in total. The molecule has 7 nitrogen and oxygen atoms in total. The summed E-state index contributed by atoms with van der Waals surface area (Å²) >= 11 is 0. The van der Waals surface area contributed by atoms with Gasteiger partial charge < -0.3 is 15.0 Å². The Morgan fingerprint density at radius 2 is 2.11 bits per heavy atom. The molecule has 1 aromatic carbocycles. The first-order valence-corrected chi connectivity index (χ1v) is 9.59. The molecule has 1 aliphatic heterocycles. The highest BCUT2D eigenvalue weighted by Crippen LogP contribution is 2.28. The molecule has 1 aliphatic rings. The average molecular weight is 377 g/mol. The first-order chi connectivity index (χ1) is 13.7. The molecule has 1 amide bonds. The van der Waals surface area contributed by atoms with Gasteiger partial charge in [0.25, 0.3) is 0 Å². The van der Waals surface area contributed by atoms with Gasteiger partial charge in [0.05, 0.1) is 30.1 Å². The summed E-state index contributed by atoms with van der Waals surface area (Å²) in [7, 11) is 0. The minimum absolute atomic E-state index is 0.0189. The van der Waals surface area contributed by atoms with Crippen LogP contribution in [0, 0.1) is 5.92 Å². The van der Waals surface area contributed by atoms with Crippen LogP contribution in [0.5, 0.6) is 5.75 Å². The Morgan fingerprint density at radius 3 is 3.00 bits per heavy atom. The molecule has 3 heterocycles. The molecule has 0 saturated carbocycles. The van der Waals surface area contributed by atoms with Crippen molar-refractivity contribution in [1.82, 2.24) is 15.0 Å². The molecule has 0 spiro atoms. The number of pyridine rings is 1. The zero-order valence-corrected chi connectivity index (χ0v) is 15.8. The van der Waals surface area contributed by atoms with Crippen LogP contribution in [0.1, 0.15) is 19.8 Å². The Kier molecular flexibility index (Phi) is 5.32. The molecule has 7 heteroatoms. The van der Waals surface area contributed by atoms with Gasteiger partial charge in [0.1, 0.15) is 11.3 Å². The molecular weight excluding hydrogens is 354 g/mol. The van der Waals surface area contributed by atoms with Crippen molar-refractivity contribution >= 4 is 28.4 Å². The lowest BCUT2D eigenvalue weighted by Gasteiger charge is -2.33. The highest BCUT2D eigenvalue weighted by molar-refractivity contribution is 5.94. The summed E-state index contributed by atoms with van der Waals surface area (Å²) in [6.45, 7) is 4.03. The number of piperidine rings is 1. The van der Waals surface area contributed by atoms with E-state index in [0.29, 0.717) is 30.2 Å². The Bertz CT molecular complexity index is 978. The zero-order chi connectivity index (χ0) is 19.3. The van der Waals surface area contributed by atoms with Crippen LogP contribution in [0.15, 0.2) is 48.9 Å². The van der Waals surface area contributed by atoms with Crippen LogP contribution in [-0.4, -0.2) is 40.6 Å². The predicted molar refractivity (Wildman–Crippen MR) is 109 cm³/mol. The van der Waals surface area contributed by atoms with E-state index in [4.69, 9.17) is 4.74 Å². The molecule has 0 radical (unpaired) electrons. The van der Waals surface area contributed by atoms with Crippen LogP contribution in [0.3, 0.4) is 0 Å². The second kappa shape index (κ2) is 8.21. The summed E-state index contributed by atoms with van der Waals surface area (Å²) in [6, 6.07) is 9.52. The van der Waals surface area contributed by atoms with Crippen molar-refractivity contribution in [2.24, 2.45) is 5.92 Å². The van der Waals surface area contributed by atoms with Crippen LogP contribution in [0.25, 0.3) is 11.2 Å². The SMILES string of the molecule is CCOc1ccccc1NC(=O)[C@H]1CCCN(c2cnc3nccnc3c2)C1. The third-order valence-corrected chi connectivity index (χ3v) is 4.91. The Balaban J connectivity index is 1.48. The molecule has 2 aromatic heterocycles. The van der Waals surface area contributed by atoms with Gasteiger partial charge in [-0.05, 0) is 38.0 Å². The van der Waals surface area contributed by atoms with Gasteiger partial charge in [0.15, 0.2) is 5.65 Å². The van der Waals surface area contributed by atoms with E-state index in [2.05, 4.69) is 25.2 Å². The van der Waals surface area contributed by atoms with E-state index in [-0.39, 0.29) is 11.8 Å². The number of amides is 1. The smallest absolute Gasteiger partial charge is 0.229 e. The number of rotatable bonds is 5. The number of hydrogen-bond acceptors (Lipinski definition) is 6. The number of fused-ring (bicyclic) bond motifs is 1. The van der Waals surface area contributed by atoms with Crippen molar-refractivity contribution in [3.8, 4) is 5.75 Å². The summed E-state index contributed by atoms with van der Waals surface area (Å²) in [4.78, 5) is 28.0. The maximum atomic E-state index is 12.9. The molecule has 3 aromatic rings. The van der Waals surface area contributed by atoms with Crippen molar-refractivity contribution in [3.05, 3.63) is 48.9 Å². The normalized spacial score (nSPS) is 16.8. The van der Waals surface area contributed by atoms with Gasteiger partial charge in [0, 0.05) is 25.5 Å². The van der Waals surface area contributed by atoms with Gasteiger partial charge in [-0.3, -0.25) is 9.78 Å². The summed E-state index contributed by atoms with van der Waals surface area (Å²) in [5.74, 6) is 0.620. The highest BCUT2D eigenvalue weighted by Gasteiger charge is 2.27. The number of aromatic nitrogens is 3. The van der Waals surface area contributed by atoms with Gasteiger partial charge >= 0.3 is 0 Å². The molecule has 0 bridgehead atoms. The summed E-state index contributed by atoms with van der Waals surface area (Å²) in [5.41, 5.74) is 3.08. The Labute approximate surface area is 163 Å². The maximum absolute atomic E-state index is 12.9. The number of anilines is 2. The van der Waals surface area contributed by atoms with Crippen molar-refractivity contribution in [2.75, 3.05) is 29.9 Å². The number of ether oxygens (including phenoxy) is 1. The van der Waals surface area contributed by atoms with Crippen LogP contribution in [-0.2, 0) is 4.79 Å². The maximum Gasteiger partial charge on any atom is 0.229 e. The average Bonchev–Trinajstić information content (AvgIpc) is 2.75. The number of hydrogen-bond donors (Lipinski definition) is 1. The number of nitrogens with one attached hydrogen (secondary N) is 1. The lowest BCUT2D eigenvalue weighted by molar-refractivity contribution is -0.120. The fraction of sp³-hybridized carbons (Fsp3) is 0.333. The number of nitrogens with zero attached hydrogens (tertiary/aromatic N) is 4. The number of benzene rings is 1. The molecular formula is C21H23N5O2. The molecule has 144 valence electrons. The first-order valence-electron chi connectivity index (χ1n) is 9.59. The fourth-order valence-electron chi connectivity index (χ4n) is 3.53. The summed E-state index contributed by atoms with van der Waals surface area (Å²) in [5, 5.41) is 3.04. The van der Waals surface area contributed by atoms with Crippen LogP contribution in [0.4, 0.5) is 11.4 Å². The van der Waals surface area contributed by atoms with E-state index in [9.17, 15) is 4.79 Å². The first kappa shape index (κ1) is 18.2. The van der Waals surface area contributed by atoms with Crippen LogP contribution in [0.2, 0.25) is 0 Å². The van der Waals surface area contributed by atoms with Crippen LogP contribution >= 0.6 is 0 Å². The number of carbonyl (C=O) groups is 1. The second-order valence-electron chi connectivity index (χ2n) is 6.80. The Morgan fingerprint density at radius 1 is 1.25 bits per heavy atom. The Hall–Kier alpha value is -3.22. The molecule has 0 unspecified atom stereocenters. The standard InChI is InChI=1S/C21H23N5O2/c1-2-28-19-8-4-3-7-17(19)25-21(27)15-6-5-11-26(14-15)16-12-18-20(24-13-16)23-10-9-22-18/h3-4,7-10,12-13,15H,2,5-6,11,14H2,1H3,(H,25,27)/t15-/m0/s1. The molecule has 4 rings (SSSR count). The van der Waals surface area contributed by atoms with E-state index in [1.54, 1.807) is 12.4 Å². The summed E-state index contributed by atoms with van der Waals surface area (Å²) < 4.78 is 5.61. The minimum atomic E-state index is -0.0963. The van der Waals surface area contributed by atoms with Crippen molar-refractivity contribution in [1.29, 1.82) is 0 Å². The third-order valence-electron chi connectivity index (χ3n) is 4.91. The topological polar surface area (TPSA) is 80.2 Å². The highest BCUT2D eigenvalue weighted by atomic mass is 16.5. The second-order valence-corrected chi connectivity index (χ2v) is 6.80. The zero-order valence-electron chi connectivity index (χ0n) is 15.8. The predicted octanol–water partition coefficient (Wildman–Crippen LogP) is 3.28. The van der Waals surface area contributed by atoms with E-state index < -0.39 is 0 Å². The lowest BCUT2D eigenvalue weighted by Crippen LogP contribution is -2.40. The van der Waals surface area contributed by atoms with Gasteiger partial charge in [-0.25, -0.2) is 9.97 Å². The van der Waals surface area contributed by atoms with Crippen LogP contribution < -0.4 is 15.0 Å². The van der Waals surface area contributed by atoms with Gasteiger partial charge in [-0.1, -0.05) is 12.1 Å². The quantitative estimate of drug-likeness (QED) is 0.735. The molecule has 28 heavy (non-hydrogen) atoms. The molecule has 1 atom stereocenters. The van der Waals surface area contributed by atoms with Crippen molar-refractivity contribution in [2.45, 2.75) is 19.8 Å². The fourth-order valence-corrected chi connectivity index (χ4v) is 3.53. The van der Waals surface area contributed by atoms with Crippen molar-refractivity contribution in [3.63, 3.8) is 0 Å². The van der Waals surface area contributed by atoms with E-state index in [1.807, 2.05) is 43.5 Å². The number of carbonyl (C=O) groups excluding carboxylic acids is 1. The molecule has 1 fully saturated rings. The van der Waals surface area contributed by atoms with Crippen molar-refractivity contribution < 1.29 is 9.53 Å². The summed E-state index contributed by atoms with van der Waals surface area (Å²) in [6.07, 6.45) is 6.91. The monoisotopic (exact) mass is 377 g/mol. The number of para-hydroxylation sites is 2. The largest absolute Gasteiger partial charge is 0.492 e. The molecule has 1 saturated heterocycles. The van der Waals surface area contributed by atoms with Gasteiger partial charge in [0.2, 0.25) is 5.91 Å². The van der Waals surface area contributed by atoms with E-state index in [0.717, 1.165) is 30.6 Å². The molecule has 0 aliphatic carbocycles. The third kappa shape index (κ3) is 3.88. The van der Waals surface area contributed by atoms with E-state index >= 15 is 0 Å². The van der Waals surface area contributed by atoms with Gasteiger partial charge in [-0.15, -0.1) is 0 Å². The van der Waals surface area contributed by atoms with Gasteiger partial charge in [-0.2, -0.15) is 0 Å². The minimum Gasteiger partial charge on any atom is -0.492 e. The van der Waals surface area contributed by atoms with E-state index in [1.165, 1.54) is 0 Å².